The second kappa shape index (κ2) is 10.8. The van der Waals surface area contributed by atoms with Gasteiger partial charge in [0.25, 0.3) is 5.91 Å². The number of nitrogen functional groups attached to an aromatic ring is 1. The lowest BCUT2D eigenvalue weighted by molar-refractivity contribution is -0.136. The Labute approximate surface area is 227 Å². The van der Waals surface area contributed by atoms with Crippen molar-refractivity contribution in [3.05, 3.63) is 35.8 Å². The Balaban J connectivity index is 1.64. The van der Waals surface area contributed by atoms with Crippen molar-refractivity contribution in [2.45, 2.75) is 51.1 Å². The van der Waals surface area contributed by atoms with Crippen LogP contribution in [0.5, 0.6) is 5.88 Å². The zero-order chi connectivity index (χ0) is 29.4. The van der Waals surface area contributed by atoms with Crippen LogP contribution in [0.15, 0.2) is 24.7 Å². The molecule has 4 heterocycles. The molecule has 1 saturated heterocycles. The highest BCUT2D eigenvalue weighted by Gasteiger charge is 2.39. The highest BCUT2D eigenvalue weighted by atomic mass is 19.4. The van der Waals surface area contributed by atoms with Crippen LogP contribution < -0.4 is 15.8 Å². The van der Waals surface area contributed by atoms with Gasteiger partial charge < -0.3 is 30.2 Å². The van der Waals surface area contributed by atoms with Crippen molar-refractivity contribution in [1.82, 2.24) is 29.8 Å². The van der Waals surface area contributed by atoms with Gasteiger partial charge in [0.1, 0.15) is 23.0 Å². The van der Waals surface area contributed by atoms with E-state index in [2.05, 4.69) is 20.4 Å². The Bertz CT molecular complexity index is 1420. The average Bonchev–Trinajstić information content (AvgIpc) is 3.45. The smallest absolute Gasteiger partial charge is 0.418 e. The standard InChI is InChI=1S/C25H30F3N7O5/c1-24(2,3)40-23(37)34-10-14(7-15(34)11-38-4)33-21(36)16-6-13(9-30-22(16)39-5)18-8-17(25(26,27)28)19-20(29)31-12-32-35(18)19/h6,8-9,12,14-15H,7,10-11H2,1-5H3,(H,33,36)(H2,29,31,32). The number of pyridine rings is 1. The Hall–Kier alpha value is -4.14. The molecule has 3 aromatic heterocycles. The van der Waals surface area contributed by atoms with E-state index in [9.17, 15) is 22.8 Å². The lowest BCUT2D eigenvalue weighted by atomic mass is 10.1. The quantitative estimate of drug-likeness (QED) is 0.460. The number of carbonyl (C=O) groups is 2. The first kappa shape index (κ1) is 28.9. The molecule has 15 heteroatoms. The van der Waals surface area contributed by atoms with Crippen LogP contribution in [0.4, 0.5) is 23.8 Å². The van der Waals surface area contributed by atoms with Crippen LogP contribution in [0.3, 0.4) is 0 Å². The number of nitrogens with two attached hydrogens (primary N) is 1. The molecule has 2 unspecified atom stereocenters. The highest BCUT2D eigenvalue weighted by molar-refractivity contribution is 5.98. The number of nitrogens with zero attached hydrogens (tertiary/aromatic N) is 5. The van der Waals surface area contributed by atoms with Crippen LogP contribution in [0.25, 0.3) is 16.8 Å². The number of methoxy groups -OCH3 is 2. The Morgan fingerprint density at radius 1 is 1.18 bits per heavy atom. The molecule has 1 fully saturated rings. The normalized spacial score (nSPS) is 17.8. The summed E-state index contributed by atoms with van der Waals surface area (Å²) in [6.07, 6.45) is -2.57. The average molecular weight is 566 g/mol. The van der Waals surface area contributed by atoms with Crippen LogP contribution in [0, 0.1) is 0 Å². The minimum absolute atomic E-state index is 0.00208. The van der Waals surface area contributed by atoms with E-state index >= 15 is 0 Å². The molecule has 0 radical (unpaired) electrons. The summed E-state index contributed by atoms with van der Waals surface area (Å²) in [5.41, 5.74) is 3.73. The molecule has 0 saturated carbocycles. The number of amides is 2. The SMILES string of the molecule is COCC1CC(NC(=O)c2cc(-c3cc(C(F)(F)F)c4c(N)ncnn34)cnc2OC)CN1C(=O)OC(C)(C)C. The third-order valence-corrected chi connectivity index (χ3v) is 6.21. The maximum atomic E-state index is 13.8. The first-order chi connectivity index (χ1) is 18.7. The Morgan fingerprint density at radius 3 is 2.52 bits per heavy atom. The van der Waals surface area contributed by atoms with E-state index in [1.807, 2.05) is 0 Å². The molecular formula is C25H30F3N7O5. The molecule has 1 aliphatic heterocycles. The molecule has 3 N–H and O–H groups in total. The van der Waals surface area contributed by atoms with Crippen molar-refractivity contribution in [3.63, 3.8) is 0 Å². The lowest BCUT2D eigenvalue weighted by Crippen LogP contribution is -2.43. The second-order valence-electron chi connectivity index (χ2n) is 10.3. The predicted octanol–water partition coefficient (Wildman–Crippen LogP) is 3.16. The van der Waals surface area contributed by atoms with E-state index in [0.29, 0.717) is 6.42 Å². The molecule has 2 atom stereocenters. The molecule has 2 amide bonds. The number of hydrogen-bond donors (Lipinski definition) is 2. The molecule has 0 spiro atoms. The number of fused-ring (bicyclic) bond motifs is 1. The number of nitrogens with one attached hydrogen (secondary N) is 1. The molecule has 0 bridgehead atoms. The zero-order valence-corrected chi connectivity index (χ0v) is 22.6. The molecule has 12 nitrogen and oxygen atoms in total. The minimum atomic E-state index is -4.73. The van der Waals surface area contributed by atoms with Crippen molar-refractivity contribution in [3.8, 4) is 17.1 Å². The van der Waals surface area contributed by atoms with Crippen molar-refractivity contribution in [1.29, 1.82) is 0 Å². The van der Waals surface area contributed by atoms with E-state index in [4.69, 9.17) is 19.9 Å². The fraction of sp³-hybridized carbons (Fsp3) is 0.480. The van der Waals surface area contributed by atoms with Gasteiger partial charge in [-0.2, -0.15) is 18.3 Å². The maximum absolute atomic E-state index is 13.8. The molecule has 1 aliphatic rings. The van der Waals surface area contributed by atoms with Crippen LogP contribution in [-0.4, -0.2) is 81.5 Å². The molecule has 3 aromatic rings. The van der Waals surface area contributed by atoms with Gasteiger partial charge in [0, 0.05) is 31.5 Å². The van der Waals surface area contributed by atoms with E-state index in [-0.39, 0.29) is 47.7 Å². The van der Waals surface area contributed by atoms with Gasteiger partial charge in [-0.25, -0.2) is 19.3 Å². The number of aromatic nitrogens is 4. The van der Waals surface area contributed by atoms with Gasteiger partial charge in [0.2, 0.25) is 5.88 Å². The number of anilines is 1. The first-order valence-electron chi connectivity index (χ1n) is 12.3. The molecule has 216 valence electrons. The highest BCUT2D eigenvalue weighted by Crippen LogP contribution is 2.39. The van der Waals surface area contributed by atoms with E-state index < -0.39 is 40.9 Å². The molecule has 0 aromatic carbocycles. The molecule has 40 heavy (non-hydrogen) atoms. The van der Waals surface area contributed by atoms with Gasteiger partial charge >= 0.3 is 12.3 Å². The van der Waals surface area contributed by atoms with Gasteiger partial charge in [0.15, 0.2) is 5.82 Å². The van der Waals surface area contributed by atoms with Crippen molar-refractivity contribution in [2.75, 3.05) is 33.1 Å². The summed E-state index contributed by atoms with van der Waals surface area (Å²) < 4.78 is 58.3. The fourth-order valence-corrected chi connectivity index (χ4v) is 4.59. The van der Waals surface area contributed by atoms with Crippen molar-refractivity contribution in [2.24, 2.45) is 0 Å². The zero-order valence-electron chi connectivity index (χ0n) is 22.6. The van der Waals surface area contributed by atoms with Crippen LogP contribution >= 0.6 is 0 Å². The van der Waals surface area contributed by atoms with Crippen LogP contribution in [-0.2, 0) is 15.7 Å². The first-order valence-corrected chi connectivity index (χ1v) is 12.3. The van der Waals surface area contributed by atoms with E-state index in [1.165, 1.54) is 31.4 Å². The number of hydrogen-bond acceptors (Lipinski definition) is 9. The number of carbonyl (C=O) groups excluding carboxylic acids is 2. The fourth-order valence-electron chi connectivity index (χ4n) is 4.59. The maximum Gasteiger partial charge on any atom is 0.418 e. The predicted molar refractivity (Wildman–Crippen MR) is 137 cm³/mol. The van der Waals surface area contributed by atoms with Crippen LogP contribution in [0.1, 0.15) is 43.1 Å². The third-order valence-electron chi connectivity index (χ3n) is 6.21. The summed E-state index contributed by atoms with van der Waals surface area (Å²) in [6.45, 7) is 5.66. The Morgan fingerprint density at radius 2 is 1.90 bits per heavy atom. The van der Waals surface area contributed by atoms with Gasteiger partial charge in [-0.15, -0.1) is 0 Å². The summed E-state index contributed by atoms with van der Waals surface area (Å²) >= 11 is 0. The van der Waals surface area contributed by atoms with Crippen LogP contribution in [0.2, 0.25) is 0 Å². The van der Waals surface area contributed by atoms with Gasteiger partial charge in [-0.05, 0) is 39.3 Å². The number of likely N-dealkylation sites (tertiary alicyclic amines) is 1. The van der Waals surface area contributed by atoms with Crippen molar-refractivity contribution < 1.29 is 37.0 Å². The van der Waals surface area contributed by atoms with E-state index in [0.717, 1.165) is 16.9 Å². The summed E-state index contributed by atoms with van der Waals surface area (Å²) in [5.74, 6) is -0.985. The Kier molecular flexibility index (Phi) is 7.78. The number of ether oxygens (including phenoxy) is 3. The number of halogens is 3. The minimum Gasteiger partial charge on any atom is -0.480 e. The number of alkyl halides is 3. The largest absolute Gasteiger partial charge is 0.480 e. The summed E-state index contributed by atoms with van der Waals surface area (Å²) in [7, 11) is 2.82. The second-order valence-corrected chi connectivity index (χ2v) is 10.3. The summed E-state index contributed by atoms with van der Waals surface area (Å²) in [6, 6.07) is 1.42. The third kappa shape index (κ3) is 5.88. The van der Waals surface area contributed by atoms with E-state index in [1.54, 1.807) is 20.8 Å². The topological polar surface area (TPSA) is 146 Å². The van der Waals surface area contributed by atoms with Crippen molar-refractivity contribution >= 4 is 23.3 Å². The molecular weight excluding hydrogens is 535 g/mol. The summed E-state index contributed by atoms with van der Waals surface area (Å²) in [5, 5.41) is 6.80. The van der Waals surface area contributed by atoms with Gasteiger partial charge in [-0.1, -0.05) is 0 Å². The number of rotatable bonds is 6. The molecule has 4 rings (SSSR count). The van der Waals surface area contributed by atoms with Gasteiger partial charge in [0.05, 0.1) is 31.0 Å². The monoisotopic (exact) mass is 565 g/mol. The lowest BCUT2D eigenvalue weighted by Gasteiger charge is -2.28. The van der Waals surface area contributed by atoms with Gasteiger partial charge in [-0.3, -0.25) is 4.79 Å². The molecule has 0 aliphatic carbocycles. The summed E-state index contributed by atoms with van der Waals surface area (Å²) in [4.78, 5) is 35.5.